The molecular weight excluding hydrogens is 517 g/mol. The van der Waals surface area contributed by atoms with Gasteiger partial charge < -0.3 is 14.9 Å². The van der Waals surface area contributed by atoms with Gasteiger partial charge in [0.1, 0.15) is 23.3 Å². The first-order valence-electron chi connectivity index (χ1n) is 13.5. The van der Waals surface area contributed by atoms with Gasteiger partial charge >= 0.3 is 6.03 Å². The second-order valence-electron chi connectivity index (χ2n) is 10.5. The zero-order valence-corrected chi connectivity index (χ0v) is 22.4. The summed E-state index contributed by atoms with van der Waals surface area (Å²) in [6, 6.07) is 16.6. The van der Waals surface area contributed by atoms with E-state index in [0.717, 1.165) is 23.9 Å². The van der Waals surface area contributed by atoms with Gasteiger partial charge in [0.2, 0.25) is 0 Å². The van der Waals surface area contributed by atoms with Gasteiger partial charge in [-0.3, -0.25) is 9.88 Å². The van der Waals surface area contributed by atoms with Crippen molar-refractivity contribution in [2.24, 2.45) is 0 Å². The molecule has 2 aliphatic heterocycles. The number of aliphatic hydroxyl groups is 1. The summed E-state index contributed by atoms with van der Waals surface area (Å²) in [7, 11) is 1.57. The van der Waals surface area contributed by atoms with Gasteiger partial charge in [0, 0.05) is 38.4 Å². The molecule has 0 saturated carbocycles. The summed E-state index contributed by atoms with van der Waals surface area (Å²) in [5.74, 6) is -1.24. The average Bonchev–Trinajstić information content (AvgIpc) is 3.28. The van der Waals surface area contributed by atoms with Crippen molar-refractivity contribution in [3.8, 4) is 0 Å². The molecule has 2 aromatic carbocycles. The molecule has 0 radical (unpaired) electrons. The van der Waals surface area contributed by atoms with Gasteiger partial charge in [-0.1, -0.05) is 36.4 Å². The Balaban J connectivity index is 1.42. The number of aliphatic hydroxyl groups excluding tert-OH is 1. The Morgan fingerprint density at radius 3 is 2.62 bits per heavy atom. The monoisotopic (exact) mass is 550 g/mol. The molecule has 9 heteroatoms. The van der Waals surface area contributed by atoms with Crippen LogP contribution in [0.3, 0.4) is 0 Å². The molecule has 2 unspecified atom stereocenters. The molecule has 6 nitrogen and oxygen atoms in total. The van der Waals surface area contributed by atoms with Crippen LogP contribution in [0.4, 0.5) is 18.0 Å². The molecular formula is C31H33F3N4O2. The highest BCUT2D eigenvalue weighted by atomic mass is 19.1. The van der Waals surface area contributed by atoms with Gasteiger partial charge in [0.05, 0.1) is 18.3 Å². The number of likely N-dealkylation sites (tertiary alicyclic amines) is 1. The van der Waals surface area contributed by atoms with E-state index >= 15 is 4.39 Å². The van der Waals surface area contributed by atoms with Crippen LogP contribution >= 0.6 is 0 Å². The van der Waals surface area contributed by atoms with Crippen LogP contribution in [-0.2, 0) is 12.1 Å². The molecule has 1 N–H and O–H groups in total. The summed E-state index contributed by atoms with van der Waals surface area (Å²) in [6.45, 7) is 0.786. The van der Waals surface area contributed by atoms with Crippen molar-refractivity contribution in [1.82, 2.24) is 19.7 Å². The average molecular weight is 551 g/mol. The number of carbonyl (C=O) groups is 1. The fraction of sp³-hybridized carbons (Fsp3) is 0.355. The minimum absolute atomic E-state index is 0.0229. The number of rotatable bonds is 6. The topological polar surface area (TPSA) is 59.9 Å². The van der Waals surface area contributed by atoms with Crippen molar-refractivity contribution in [3.63, 3.8) is 0 Å². The van der Waals surface area contributed by atoms with Gasteiger partial charge in [-0.05, 0) is 66.9 Å². The Hall–Kier alpha value is -3.69. The van der Waals surface area contributed by atoms with Crippen LogP contribution in [0.5, 0.6) is 0 Å². The quantitative estimate of drug-likeness (QED) is 0.469. The second kappa shape index (κ2) is 11.8. The number of amides is 2. The molecule has 1 fully saturated rings. The Bertz CT molecular complexity index is 1360. The highest BCUT2D eigenvalue weighted by molar-refractivity contribution is 5.83. The lowest BCUT2D eigenvalue weighted by molar-refractivity contribution is 0.0632. The van der Waals surface area contributed by atoms with Gasteiger partial charge in [-0.15, -0.1) is 0 Å². The molecule has 40 heavy (non-hydrogen) atoms. The number of halogens is 3. The van der Waals surface area contributed by atoms with E-state index in [-0.39, 0.29) is 18.7 Å². The number of alkyl halides is 1. The van der Waals surface area contributed by atoms with Crippen LogP contribution < -0.4 is 0 Å². The summed E-state index contributed by atoms with van der Waals surface area (Å²) < 4.78 is 44.7. The van der Waals surface area contributed by atoms with E-state index in [2.05, 4.69) is 4.98 Å². The summed E-state index contributed by atoms with van der Waals surface area (Å²) in [5, 5.41) is 10.7. The largest absolute Gasteiger partial charge is 0.393 e. The van der Waals surface area contributed by atoms with E-state index in [9.17, 15) is 18.7 Å². The summed E-state index contributed by atoms with van der Waals surface area (Å²) >= 11 is 0. The third kappa shape index (κ3) is 5.48. The number of aromatic nitrogens is 1. The molecule has 1 saturated heterocycles. The molecule has 0 bridgehead atoms. The SMILES string of the molecule is CN(C(=O)N1CC(c2cc(F)ccc2F)=C[C@@]1(CO)c1ccccc1)C1CCCN(Cc2ccccn2)CC1F. The lowest BCUT2D eigenvalue weighted by atomic mass is 9.89. The van der Waals surface area contributed by atoms with Crippen molar-refractivity contribution >= 4 is 11.6 Å². The summed E-state index contributed by atoms with van der Waals surface area (Å²) in [5.41, 5.74) is 0.534. The molecule has 2 aliphatic rings. The number of carbonyl (C=O) groups excluding carboxylic acids is 1. The normalized spacial score (nSPS) is 23.5. The van der Waals surface area contributed by atoms with Crippen molar-refractivity contribution < 1.29 is 23.1 Å². The maximum Gasteiger partial charge on any atom is 0.321 e. The van der Waals surface area contributed by atoms with Crippen molar-refractivity contribution in [1.29, 1.82) is 0 Å². The Kier molecular flexibility index (Phi) is 8.23. The Morgan fingerprint density at radius 2 is 1.90 bits per heavy atom. The fourth-order valence-electron chi connectivity index (χ4n) is 5.85. The van der Waals surface area contributed by atoms with E-state index in [1.54, 1.807) is 43.6 Å². The van der Waals surface area contributed by atoms with Gasteiger partial charge in [-0.2, -0.15) is 0 Å². The van der Waals surface area contributed by atoms with Crippen LogP contribution in [0.15, 0.2) is 79.0 Å². The van der Waals surface area contributed by atoms with Crippen LogP contribution in [0.1, 0.15) is 29.7 Å². The number of hydrogen-bond donors (Lipinski definition) is 1. The number of pyridine rings is 1. The highest BCUT2D eigenvalue weighted by Crippen LogP contribution is 2.41. The van der Waals surface area contributed by atoms with E-state index in [1.165, 1.54) is 9.80 Å². The molecule has 2 amide bonds. The van der Waals surface area contributed by atoms with E-state index in [1.807, 2.05) is 29.2 Å². The van der Waals surface area contributed by atoms with E-state index in [4.69, 9.17) is 0 Å². The van der Waals surface area contributed by atoms with Crippen LogP contribution in [0, 0.1) is 11.6 Å². The van der Waals surface area contributed by atoms with E-state index in [0.29, 0.717) is 37.1 Å². The number of hydrogen-bond acceptors (Lipinski definition) is 4. The molecule has 1 aromatic heterocycles. The van der Waals surface area contributed by atoms with E-state index < -0.39 is 42.0 Å². The second-order valence-corrected chi connectivity index (χ2v) is 10.5. The zero-order valence-electron chi connectivity index (χ0n) is 22.4. The maximum atomic E-state index is 15.8. The predicted octanol–water partition coefficient (Wildman–Crippen LogP) is 5.00. The minimum Gasteiger partial charge on any atom is -0.393 e. The first kappa shape index (κ1) is 27.9. The van der Waals surface area contributed by atoms with Gasteiger partial charge in [-0.25, -0.2) is 18.0 Å². The molecule has 210 valence electrons. The minimum atomic E-state index is -1.33. The van der Waals surface area contributed by atoms with Gasteiger partial charge in [0.25, 0.3) is 0 Å². The number of urea groups is 1. The lowest BCUT2D eigenvalue weighted by Crippen LogP contribution is -2.56. The number of nitrogens with zero attached hydrogens (tertiary/aromatic N) is 4. The first-order valence-corrected chi connectivity index (χ1v) is 13.5. The lowest BCUT2D eigenvalue weighted by Gasteiger charge is -2.41. The predicted molar refractivity (Wildman–Crippen MR) is 147 cm³/mol. The molecule has 3 atom stereocenters. The fourth-order valence-corrected chi connectivity index (χ4v) is 5.85. The van der Waals surface area contributed by atoms with Crippen LogP contribution in [0.2, 0.25) is 0 Å². The smallest absolute Gasteiger partial charge is 0.321 e. The summed E-state index contributed by atoms with van der Waals surface area (Å²) in [6.07, 6.45) is 3.18. The molecule has 3 aromatic rings. The highest BCUT2D eigenvalue weighted by Gasteiger charge is 2.47. The third-order valence-electron chi connectivity index (χ3n) is 7.98. The Labute approximate surface area is 232 Å². The molecule has 5 rings (SSSR count). The van der Waals surface area contributed by atoms with Gasteiger partial charge in [0.15, 0.2) is 0 Å². The zero-order chi connectivity index (χ0) is 28.3. The number of benzene rings is 2. The molecule has 0 spiro atoms. The van der Waals surface area contributed by atoms with Crippen LogP contribution in [-0.4, -0.2) is 76.3 Å². The van der Waals surface area contributed by atoms with Crippen molar-refractivity contribution in [2.75, 3.05) is 33.3 Å². The standard InChI is InChI=1S/C31H33F3N4O2/c1-36(29-11-7-15-37(20-28(29)34)19-25-10-5-6-14-35-25)30(40)38-18-22(26-16-24(32)12-13-27(26)33)17-31(38,21-39)23-8-3-2-4-9-23/h2-6,8-10,12-14,16-17,28-29,39H,7,11,15,18-21H2,1H3/t28?,29?,31-/m1/s1. The summed E-state index contributed by atoms with van der Waals surface area (Å²) in [4.78, 5) is 23.3. The molecule has 3 heterocycles. The van der Waals surface area contributed by atoms with Crippen LogP contribution in [0.25, 0.3) is 5.57 Å². The maximum absolute atomic E-state index is 15.8. The van der Waals surface area contributed by atoms with Crippen molar-refractivity contribution in [3.05, 3.63) is 107 Å². The Morgan fingerprint density at radius 1 is 1.12 bits per heavy atom. The van der Waals surface area contributed by atoms with Crippen molar-refractivity contribution in [2.45, 2.75) is 37.1 Å². The third-order valence-corrected chi connectivity index (χ3v) is 7.98. The first-order chi connectivity index (χ1) is 19.3. The molecule has 0 aliphatic carbocycles.